The second kappa shape index (κ2) is 6.55. The third-order valence-electron chi connectivity index (χ3n) is 3.59. The molecule has 1 heterocycles. The molecule has 0 spiro atoms. The number of piperidine rings is 1. The van der Waals surface area contributed by atoms with Gasteiger partial charge in [-0.3, -0.25) is 0 Å². The summed E-state index contributed by atoms with van der Waals surface area (Å²) in [6.07, 6.45) is 2.61. The van der Waals surface area contributed by atoms with Crippen LogP contribution >= 0.6 is 15.9 Å². The average Bonchev–Trinajstić information content (AvgIpc) is 2.40. The summed E-state index contributed by atoms with van der Waals surface area (Å²) >= 11 is 3.48. The number of aliphatic hydroxyl groups is 1. The van der Waals surface area contributed by atoms with Crippen LogP contribution < -0.4 is 10.1 Å². The van der Waals surface area contributed by atoms with Gasteiger partial charge in [0.1, 0.15) is 5.75 Å². The van der Waals surface area contributed by atoms with Gasteiger partial charge in [0.15, 0.2) is 0 Å². The minimum absolute atomic E-state index is 0.243. The summed E-state index contributed by atoms with van der Waals surface area (Å²) in [5.74, 6) is 1.25. The summed E-state index contributed by atoms with van der Waals surface area (Å²) in [6.45, 7) is 2.04. The molecule has 1 aromatic rings. The predicted octanol–water partition coefficient (Wildman–Crippen LogP) is 2.36. The van der Waals surface area contributed by atoms with E-state index >= 15 is 0 Å². The highest BCUT2D eigenvalue weighted by atomic mass is 79.9. The van der Waals surface area contributed by atoms with E-state index in [1.54, 1.807) is 7.11 Å². The number of methoxy groups -OCH3 is 1. The summed E-state index contributed by atoms with van der Waals surface area (Å²) in [4.78, 5) is 0. The Morgan fingerprint density at radius 3 is 2.78 bits per heavy atom. The molecular weight excluding hydrogens is 294 g/mol. The van der Waals surface area contributed by atoms with Gasteiger partial charge in [-0.05, 0) is 71.9 Å². The number of halogens is 1. The van der Waals surface area contributed by atoms with Crippen molar-refractivity contribution in [1.82, 2.24) is 5.32 Å². The molecule has 100 valence electrons. The topological polar surface area (TPSA) is 41.5 Å². The van der Waals surface area contributed by atoms with Crippen LogP contribution in [-0.2, 0) is 6.42 Å². The molecule has 2 N–H and O–H groups in total. The van der Waals surface area contributed by atoms with Gasteiger partial charge in [0.25, 0.3) is 0 Å². The molecule has 18 heavy (non-hydrogen) atoms. The van der Waals surface area contributed by atoms with Crippen LogP contribution in [-0.4, -0.2) is 31.4 Å². The molecule has 0 radical (unpaired) electrons. The van der Waals surface area contributed by atoms with Crippen LogP contribution in [0.4, 0.5) is 0 Å². The van der Waals surface area contributed by atoms with Gasteiger partial charge in [-0.1, -0.05) is 6.07 Å². The van der Waals surface area contributed by atoms with Gasteiger partial charge in [-0.25, -0.2) is 0 Å². The van der Waals surface area contributed by atoms with Crippen molar-refractivity contribution in [2.75, 3.05) is 20.2 Å². The Bertz CT molecular complexity index is 391. The number of aliphatic hydroxyl groups excluding tert-OH is 1. The predicted molar refractivity (Wildman–Crippen MR) is 76.0 cm³/mol. The Morgan fingerprint density at radius 1 is 1.44 bits per heavy atom. The lowest BCUT2D eigenvalue weighted by molar-refractivity contribution is 0.0890. The first-order chi connectivity index (χ1) is 8.70. The summed E-state index contributed by atoms with van der Waals surface area (Å²) in [6, 6.07) is 5.99. The molecule has 0 aromatic heterocycles. The molecule has 2 rings (SSSR count). The molecule has 0 aliphatic carbocycles. The van der Waals surface area contributed by atoms with Crippen molar-refractivity contribution in [2.24, 2.45) is 5.92 Å². The largest absolute Gasteiger partial charge is 0.496 e. The molecule has 3 nitrogen and oxygen atoms in total. The Balaban J connectivity index is 1.97. The minimum atomic E-state index is -0.243. The maximum absolute atomic E-state index is 10.3. The normalized spacial score (nSPS) is 18.6. The molecule has 1 atom stereocenters. The van der Waals surface area contributed by atoms with Crippen molar-refractivity contribution in [3.63, 3.8) is 0 Å². The van der Waals surface area contributed by atoms with Gasteiger partial charge in [0.2, 0.25) is 0 Å². The Hall–Kier alpha value is -0.580. The first-order valence-electron chi connectivity index (χ1n) is 6.42. The van der Waals surface area contributed by atoms with Gasteiger partial charge >= 0.3 is 0 Å². The van der Waals surface area contributed by atoms with E-state index in [0.717, 1.165) is 41.7 Å². The molecule has 1 aliphatic rings. The number of benzene rings is 1. The highest BCUT2D eigenvalue weighted by Crippen LogP contribution is 2.27. The highest BCUT2D eigenvalue weighted by molar-refractivity contribution is 9.10. The van der Waals surface area contributed by atoms with Gasteiger partial charge in [0.05, 0.1) is 17.7 Å². The quantitative estimate of drug-likeness (QED) is 0.896. The highest BCUT2D eigenvalue weighted by Gasteiger charge is 2.21. The van der Waals surface area contributed by atoms with Crippen molar-refractivity contribution in [3.05, 3.63) is 28.2 Å². The molecule has 1 aliphatic heterocycles. The fourth-order valence-corrected chi connectivity index (χ4v) is 3.06. The van der Waals surface area contributed by atoms with Crippen LogP contribution in [0.15, 0.2) is 22.7 Å². The van der Waals surface area contributed by atoms with Crippen molar-refractivity contribution < 1.29 is 9.84 Å². The molecule has 0 bridgehead atoms. The van der Waals surface area contributed by atoms with Crippen LogP contribution in [0.3, 0.4) is 0 Å². The second-order valence-corrected chi connectivity index (χ2v) is 5.68. The molecule has 1 saturated heterocycles. The monoisotopic (exact) mass is 313 g/mol. The molecule has 0 saturated carbocycles. The molecule has 1 fully saturated rings. The zero-order valence-electron chi connectivity index (χ0n) is 10.7. The maximum atomic E-state index is 10.3. The van der Waals surface area contributed by atoms with Crippen LogP contribution in [0.5, 0.6) is 5.75 Å². The van der Waals surface area contributed by atoms with Gasteiger partial charge in [0, 0.05) is 0 Å². The summed E-state index contributed by atoms with van der Waals surface area (Å²) < 4.78 is 6.15. The van der Waals surface area contributed by atoms with E-state index in [2.05, 4.69) is 21.2 Å². The van der Waals surface area contributed by atoms with Crippen molar-refractivity contribution in [1.29, 1.82) is 0 Å². The molecule has 0 amide bonds. The third kappa shape index (κ3) is 3.46. The van der Waals surface area contributed by atoms with Crippen molar-refractivity contribution in [2.45, 2.75) is 25.4 Å². The van der Waals surface area contributed by atoms with E-state index in [0.29, 0.717) is 12.3 Å². The first kappa shape index (κ1) is 13.8. The van der Waals surface area contributed by atoms with E-state index < -0.39 is 0 Å². The zero-order valence-corrected chi connectivity index (χ0v) is 12.2. The van der Waals surface area contributed by atoms with Crippen molar-refractivity contribution >= 4 is 15.9 Å². The van der Waals surface area contributed by atoms with E-state index in [1.807, 2.05) is 18.2 Å². The fourth-order valence-electron chi connectivity index (χ4n) is 2.47. The van der Waals surface area contributed by atoms with Crippen LogP contribution in [0.1, 0.15) is 18.4 Å². The minimum Gasteiger partial charge on any atom is -0.496 e. The maximum Gasteiger partial charge on any atom is 0.133 e. The van der Waals surface area contributed by atoms with E-state index in [1.165, 1.54) is 0 Å². The Kier molecular flexibility index (Phi) is 5.03. The number of hydrogen-bond donors (Lipinski definition) is 2. The SMILES string of the molecule is COc1ccc(CC(O)C2CCNCC2)cc1Br. The van der Waals surface area contributed by atoms with Gasteiger partial charge in [-0.2, -0.15) is 0 Å². The van der Waals surface area contributed by atoms with Gasteiger partial charge in [-0.15, -0.1) is 0 Å². The molecule has 1 unspecified atom stereocenters. The van der Waals surface area contributed by atoms with E-state index in [-0.39, 0.29) is 6.10 Å². The van der Waals surface area contributed by atoms with E-state index in [9.17, 15) is 5.11 Å². The first-order valence-corrected chi connectivity index (χ1v) is 7.21. The lowest BCUT2D eigenvalue weighted by Gasteiger charge is -2.27. The summed E-state index contributed by atoms with van der Waals surface area (Å²) in [5, 5.41) is 13.6. The van der Waals surface area contributed by atoms with E-state index in [4.69, 9.17) is 4.74 Å². The standard InChI is InChI=1S/C14H20BrNO2/c1-18-14-3-2-10(8-12(14)15)9-13(17)11-4-6-16-7-5-11/h2-3,8,11,13,16-17H,4-7,9H2,1H3. The van der Waals surface area contributed by atoms with Gasteiger partial charge < -0.3 is 15.2 Å². The Labute approximate surface area is 117 Å². The summed E-state index contributed by atoms with van der Waals surface area (Å²) in [5.41, 5.74) is 1.15. The smallest absolute Gasteiger partial charge is 0.133 e. The van der Waals surface area contributed by atoms with Crippen LogP contribution in [0, 0.1) is 5.92 Å². The number of rotatable bonds is 4. The number of hydrogen-bond acceptors (Lipinski definition) is 3. The molecule has 4 heteroatoms. The number of nitrogens with one attached hydrogen (secondary N) is 1. The lowest BCUT2D eigenvalue weighted by atomic mass is 9.89. The average molecular weight is 314 g/mol. The number of ether oxygens (including phenoxy) is 1. The van der Waals surface area contributed by atoms with Crippen LogP contribution in [0.2, 0.25) is 0 Å². The third-order valence-corrected chi connectivity index (χ3v) is 4.21. The lowest BCUT2D eigenvalue weighted by Crippen LogP contribution is -2.34. The van der Waals surface area contributed by atoms with Crippen LogP contribution in [0.25, 0.3) is 0 Å². The fraction of sp³-hybridized carbons (Fsp3) is 0.571. The van der Waals surface area contributed by atoms with Crippen molar-refractivity contribution in [3.8, 4) is 5.75 Å². The Morgan fingerprint density at radius 2 is 2.17 bits per heavy atom. The molecular formula is C14H20BrNO2. The summed E-state index contributed by atoms with van der Waals surface area (Å²) in [7, 11) is 1.66. The second-order valence-electron chi connectivity index (χ2n) is 4.83. The molecule has 1 aromatic carbocycles. The zero-order chi connectivity index (χ0) is 13.0.